The number of pyridine rings is 1. The number of aromatic amines is 1. The lowest BCUT2D eigenvalue weighted by Crippen LogP contribution is -2.38. The van der Waals surface area contributed by atoms with Gasteiger partial charge in [-0.05, 0) is 73.0 Å². The molecule has 0 unspecified atom stereocenters. The van der Waals surface area contributed by atoms with Crippen molar-refractivity contribution in [1.82, 2.24) is 30.1 Å². The number of rotatable bonds is 9. The van der Waals surface area contributed by atoms with Crippen LogP contribution in [0.1, 0.15) is 62.0 Å². The molecular formula is C25H34N6O3. The zero-order valence-corrected chi connectivity index (χ0v) is 20.1. The van der Waals surface area contributed by atoms with Crippen LogP contribution in [0.25, 0.3) is 10.9 Å². The Morgan fingerprint density at radius 3 is 2.71 bits per heavy atom. The molecule has 0 amide bonds. The summed E-state index contributed by atoms with van der Waals surface area (Å²) in [6.45, 7) is 7.70. The summed E-state index contributed by atoms with van der Waals surface area (Å²) in [5, 5.41) is 13.8. The fraction of sp³-hybridized carbons (Fsp3) is 0.600. The number of fused-ring (bicyclic) bond motifs is 1. The second-order valence-corrected chi connectivity index (χ2v) is 9.56. The van der Waals surface area contributed by atoms with E-state index in [0.717, 1.165) is 74.2 Å². The quantitative estimate of drug-likeness (QED) is 0.517. The first kappa shape index (κ1) is 23.1. The van der Waals surface area contributed by atoms with Crippen molar-refractivity contribution < 1.29 is 9.47 Å². The highest BCUT2D eigenvalue weighted by Gasteiger charge is 2.30. The van der Waals surface area contributed by atoms with Gasteiger partial charge in [-0.25, -0.2) is 4.68 Å². The van der Waals surface area contributed by atoms with Crippen LogP contribution in [0.15, 0.2) is 29.1 Å². The molecule has 9 heteroatoms. The summed E-state index contributed by atoms with van der Waals surface area (Å²) in [4.78, 5) is 18.4. The Hall–Kier alpha value is -2.62. The van der Waals surface area contributed by atoms with Crippen LogP contribution in [-0.2, 0) is 22.6 Å². The largest absolute Gasteiger partial charge is 0.377 e. The van der Waals surface area contributed by atoms with Gasteiger partial charge in [0.05, 0.1) is 24.8 Å². The standard InChI is InChI=1S/C25H34N6O3/c1-3-23(24-27-28-29-31(24)16-21-7-5-11-34-21)30(15-20-6-4-10-33-20)14-19-13-18-12-17(2)8-9-22(18)26-25(19)32/h8-9,12-13,20-21,23H,3-7,10-11,14-16H2,1-2H3,(H,26,32)/t20-,21-,23+/m0/s1. The Morgan fingerprint density at radius 2 is 1.97 bits per heavy atom. The van der Waals surface area contributed by atoms with Crippen molar-refractivity contribution in [3.8, 4) is 0 Å². The number of H-pyrrole nitrogens is 1. The van der Waals surface area contributed by atoms with Gasteiger partial charge < -0.3 is 14.5 Å². The minimum Gasteiger partial charge on any atom is -0.377 e. The van der Waals surface area contributed by atoms with Crippen LogP contribution in [0.5, 0.6) is 0 Å². The van der Waals surface area contributed by atoms with Crippen LogP contribution in [0, 0.1) is 6.92 Å². The van der Waals surface area contributed by atoms with Crippen LogP contribution in [0.2, 0.25) is 0 Å². The maximum atomic E-state index is 13.0. The van der Waals surface area contributed by atoms with Crippen molar-refractivity contribution in [2.75, 3.05) is 19.8 Å². The molecule has 2 aliphatic rings. The first-order chi connectivity index (χ1) is 16.6. The van der Waals surface area contributed by atoms with Gasteiger partial charge in [0.2, 0.25) is 0 Å². The summed E-state index contributed by atoms with van der Waals surface area (Å²) in [7, 11) is 0. The van der Waals surface area contributed by atoms with E-state index in [2.05, 4.69) is 45.3 Å². The molecule has 0 bridgehead atoms. The molecule has 34 heavy (non-hydrogen) atoms. The summed E-state index contributed by atoms with van der Waals surface area (Å²) in [5.74, 6) is 0.823. The van der Waals surface area contributed by atoms with Crippen LogP contribution in [0.4, 0.5) is 0 Å². The Bertz CT molecular complexity index is 1160. The molecule has 0 saturated carbocycles. The van der Waals surface area contributed by atoms with E-state index in [0.29, 0.717) is 13.1 Å². The molecule has 3 aromatic rings. The second kappa shape index (κ2) is 10.3. The third-order valence-electron chi connectivity index (χ3n) is 7.00. The summed E-state index contributed by atoms with van der Waals surface area (Å²) in [5.41, 5.74) is 2.72. The van der Waals surface area contributed by atoms with Crippen molar-refractivity contribution in [3.05, 3.63) is 51.6 Å². The average molecular weight is 467 g/mol. The van der Waals surface area contributed by atoms with Gasteiger partial charge in [0, 0.05) is 37.4 Å². The highest BCUT2D eigenvalue weighted by Crippen LogP contribution is 2.27. The molecule has 1 aromatic carbocycles. The highest BCUT2D eigenvalue weighted by molar-refractivity contribution is 5.79. The summed E-state index contributed by atoms with van der Waals surface area (Å²) >= 11 is 0. The van der Waals surface area contributed by atoms with E-state index in [1.165, 1.54) is 5.56 Å². The summed E-state index contributed by atoms with van der Waals surface area (Å²) in [6, 6.07) is 8.08. The molecule has 0 radical (unpaired) electrons. The molecule has 0 spiro atoms. The Morgan fingerprint density at radius 1 is 1.18 bits per heavy atom. The summed E-state index contributed by atoms with van der Waals surface area (Å²) < 4.78 is 13.7. The number of nitrogens with zero attached hydrogens (tertiary/aromatic N) is 5. The van der Waals surface area contributed by atoms with Gasteiger partial charge in [0.15, 0.2) is 5.82 Å². The van der Waals surface area contributed by atoms with E-state index >= 15 is 0 Å². The fourth-order valence-electron chi connectivity index (χ4n) is 5.22. The number of aromatic nitrogens is 5. The zero-order chi connectivity index (χ0) is 23.5. The number of nitrogens with one attached hydrogen (secondary N) is 1. The minimum absolute atomic E-state index is 0.0341. The van der Waals surface area contributed by atoms with Crippen LogP contribution >= 0.6 is 0 Å². The predicted octanol–water partition coefficient (Wildman–Crippen LogP) is 3.13. The fourth-order valence-corrected chi connectivity index (χ4v) is 5.22. The Labute approximate surface area is 199 Å². The second-order valence-electron chi connectivity index (χ2n) is 9.56. The van der Waals surface area contributed by atoms with Gasteiger partial charge >= 0.3 is 0 Å². The SMILES string of the molecule is CC[C@H](c1nnnn1C[C@@H]1CCCO1)N(Cc1cc2cc(C)ccc2[nH]c1=O)C[C@@H]1CCCO1. The molecule has 182 valence electrons. The number of tetrazole rings is 1. The smallest absolute Gasteiger partial charge is 0.252 e. The molecule has 1 N–H and O–H groups in total. The molecule has 9 nitrogen and oxygen atoms in total. The number of hydrogen-bond donors (Lipinski definition) is 1. The summed E-state index contributed by atoms with van der Waals surface area (Å²) in [6.07, 6.45) is 5.33. The van der Waals surface area contributed by atoms with E-state index in [4.69, 9.17) is 9.47 Å². The molecule has 5 rings (SSSR count). The molecule has 2 saturated heterocycles. The van der Waals surface area contributed by atoms with Gasteiger partial charge in [-0.2, -0.15) is 0 Å². The number of benzene rings is 1. The normalized spacial score (nSPS) is 21.6. The minimum atomic E-state index is -0.0532. The first-order valence-electron chi connectivity index (χ1n) is 12.5. The Balaban J connectivity index is 1.46. The van der Waals surface area contributed by atoms with E-state index in [-0.39, 0.29) is 23.8 Å². The number of ether oxygens (including phenoxy) is 2. The first-order valence-corrected chi connectivity index (χ1v) is 12.5. The van der Waals surface area contributed by atoms with Crippen molar-refractivity contribution in [3.63, 3.8) is 0 Å². The lowest BCUT2D eigenvalue weighted by molar-refractivity contribution is 0.0470. The highest BCUT2D eigenvalue weighted by atomic mass is 16.5. The predicted molar refractivity (Wildman–Crippen MR) is 129 cm³/mol. The molecule has 2 fully saturated rings. The van der Waals surface area contributed by atoms with Gasteiger partial charge in [-0.1, -0.05) is 18.6 Å². The van der Waals surface area contributed by atoms with Gasteiger partial charge in [0.25, 0.3) is 5.56 Å². The van der Waals surface area contributed by atoms with E-state index < -0.39 is 0 Å². The van der Waals surface area contributed by atoms with Gasteiger partial charge in [-0.3, -0.25) is 9.69 Å². The zero-order valence-electron chi connectivity index (χ0n) is 20.1. The van der Waals surface area contributed by atoms with Crippen molar-refractivity contribution in [1.29, 1.82) is 0 Å². The third kappa shape index (κ3) is 5.06. The van der Waals surface area contributed by atoms with Gasteiger partial charge in [-0.15, -0.1) is 5.10 Å². The molecule has 0 aliphatic carbocycles. The van der Waals surface area contributed by atoms with Crippen molar-refractivity contribution in [2.24, 2.45) is 0 Å². The van der Waals surface area contributed by atoms with E-state index in [1.807, 2.05) is 22.9 Å². The molecular weight excluding hydrogens is 432 g/mol. The lowest BCUT2D eigenvalue weighted by Gasteiger charge is -2.32. The Kier molecular flexibility index (Phi) is 7.03. The molecule has 2 aromatic heterocycles. The van der Waals surface area contributed by atoms with Crippen LogP contribution in [-0.4, -0.2) is 62.1 Å². The maximum Gasteiger partial charge on any atom is 0.252 e. The number of aryl methyl sites for hydroxylation is 1. The van der Waals surface area contributed by atoms with E-state index in [1.54, 1.807) is 0 Å². The van der Waals surface area contributed by atoms with Gasteiger partial charge in [0.1, 0.15) is 0 Å². The maximum absolute atomic E-state index is 13.0. The third-order valence-corrected chi connectivity index (χ3v) is 7.00. The average Bonchev–Trinajstić information content (AvgIpc) is 3.60. The molecule has 3 atom stereocenters. The number of hydrogen-bond acceptors (Lipinski definition) is 7. The molecule has 4 heterocycles. The monoisotopic (exact) mass is 466 g/mol. The van der Waals surface area contributed by atoms with Crippen LogP contribution < -0.4 is 5.56 Å². The van der Waals surface area contributed by atoms with Crippen LogP contribution in [0.3, 0.4) is 0 Å². The molecule has 2 aliphatic heterocycles. The lowest BCUT2D eigenvalue weighted by atomic mass is 10.1. The van der Waals surface area contributed by atoms with Crippen molar-refractivity contribution in [2.45, 2.75) is 77.3 Å². The van der Waals surface area contributed by atoms with Crippen molar-refractivity contribution >= 4 is 10.9 Å². The topological polar surface area (TPSA) is 98.2 Å². The van der Waals surface area contributed by atoms with E-state index in [9.17, 15) is 4.79 Å².